The lowest BCUT2D eigenvalue weighted by Gasteiger charge is -2.11. The molecule has 1 aromatic carbocycles. The molecule has 2 aromatic rings. The smallest absolute Gasteiger partial charge is 0.314 e. The Morgan fingerprint density at radius 1 is 1.40 bits per heavy atom. The van der Waals surface area contributed by atoms with Gasteiger partial charge in [-0.15, -0.1) is 0 Å². The van der Waals surface area contributed by atoms with Crippen LogP contribution in [0.25, 0.3) is 0 Å². The molecule has 0 fully saturated rings. The first kappa shape index (κ1) is 17.5. The van der Waals surface area contributed by atoms with Crippen LogP contribution in [-0.4, -0.2) is 33.7 Å². The van der Waals surface area contributed by atoms with Gasteiger partial charge in [-0.2, -0.15) is 0 Å². The van der Waals surface area contributed by atoms with Crippen molar-refractivity contribution in [3.63, 3.8) is 0 Å². The number of ether oxygens (including phenoxy) is 1. The highest BCUT2D eigenvalue weighted by Crippen LogP contribution is 2.36. The lowest BCUT2D eigenvalue weighted by Crippen LogP contribution is -2.15. The summed E-state index contributed by atoms with van der Waals surface area (Å²) in [7, 11) is 1.35. The van der Waals surface area contributed by atoms with Gasteiger partial charge in [0, 0.05) is 23.9 Å². The number of hydrogen-bond acceptors (Lipinski definition) is 4. The minimum Gasteiger partial charge on any atom is -0.611 e. The van der Waals surface area contributed by atoms with Crippen LogP contribution in [0.15, 0.2) is 53.9 Å². The summed E-state index contributed by atoms with van der Waals surface area (Å²) in [4.78, 5) is 25.5. The third kappa shape index (κ3) is 3.15. The van der Waals surface area contributed by atoms with E-state index in [1.165, 1.54) is 7.11 Å². The number of rotatable bonds is 6. The number of hydrogen-bond donors (Lipinski definition) is 0. The van der Waals surface area contributed by atoms with Crippen molar-refractivity contribution in [1.29, 1.82) is 0 Å². The molecule has 0 amide bonds. The molecule has 0 bridgehead atoms. The third-order valence-electron chi connectivity index (χ3n) is 4.34. The Hall–Kier alpha value is -2.31. The second-order valence-corrected chi connectivity index (χ2v) is 7.26. The molecule has 1 aliphatic rings. The van der Waals surface area contributed by atoms with Gasteiger partial charge in [0.15, 0.2) is 4.90 Å². The van der Waals surface area contributed by atoms with Crippen molar-refractivity contribution in [1.82, 2.24) is 4.57 Å². The fraction of sp³-hybridized carbons (Fsp3) is 0.263. The molecule has 0 saturated carbocycles. The maximum Gasteiger partial charge on any atom is 0.314 e. The number of benzene rings is 1. The van der Waals surface area contributed by atoms with Crippen LogP contribution < -0.4 is 0 Å². The fourth-order valence-electron chi connectivity index (χ4n) is 3.19. The molecule has 3 rings (SSSR count). The van der Waals surface area contributed by atoms with Gasteiger partial charge < -0.3 is 13.9 Å². The van der Waals surface area contributed by atoms with Gasteiger partial charge in [0.25, 0.3) is 0 Å². The van der Waals surface area contributed by atoms with E-state index in [1.807, 2.05) is 10.6 Å². The topological polar surface area (TPSA) is 71.4 Å². The van der Waals surface area contributed by atoms with Crippen molar-refractivity contribution < 1.29 is 18.9 Å². The Bertz CT molecular complexity index is 812. The van der Waals surface area contributed by atoms with Crippen LogP contribution in [-0.2, 0) is 27.3 Å². The highest BCUT2D eigenvalue weighted by molar-refractivity contribution is 7.91. The number of nitrogens with zero attached hydrogens (tertiary/aromatic N) is 1. The number of carbonyl (C=O) groups is 2. The molecule has 0 radical (unpaired) electrons. The van der Waals surface area contributed by atoms with Crippen LogP contribution in [0.1, 0.15) is 34.1 Å². The second-order valence-electron chi connectivity index (χ2n) is 5.79. The average molecular weight is 357 g/mol. The van der Waals surface area contributed by atoms with Crippen LogP contribution in [0.4, 0.5) is 0 Å². The quantitative estimate of drug-likeness (QED) is 0.345. The van der Waals surface area contributed by atoms with E-state index in [0.717, 1.165) is 0 Å². The lowest BCUT2D eigenvalue weighted by molar-refractivity contribution is -0.142. The molecule has 0 saturated heterocycles. The fourth-order valence-corrected chi connectivity index (χ4v) is 4.25. The summed E-state index contributed by atoms with van der Waals surface area (Å²) in [6, 6.07) is 10.6. The zero-order valence-corrected chi connectivity index (χ0v) is 14.8. The molecule has 0 spiro atoms. The first-order valence-electron chi connectivity index (χ1n) is 7.98. The van der Waals surface area contributed by atoms with Crippen LogP contribution in [0.5, 0.6) is 0 Å². The molecular weight excluding hydrogens is 338 g/mol. The van der Waals surface area contributed by atoms with Crippen LogP contribution in [0.3, 0.4) is 0 Å². The Labute approximate surface area is 149 Å². The van der Waals surface area contributed by atoms with Gasteiger partial charge in [-0.3, -0.25) is 9.59 Å². The van der Waals surface area contributed by atoms with Gasteiger partial charge in [0.2, 0.25) is 5.78 Å². The summed E-state index contributed by atoms with van der Waals surface area (Å²) in [5.74, 6) is -0.705. The minimum atomic E-state index is -1.39. The van der Waals surface area contributed by atoms with Crippen molar-refractivity contribution in [2.75, 3.05) is 12.9 Å². The van der Waals surface area contributed by atoms with E-state index in [-0.39, 0.29) is 17.5 Å². The number of fused-ring (bicyclic) bond motifs is 1. The number of carbonyl (C=O) groups excluding carboxylic acids is 2. The SMILES string of the molecule is C=CC[S+]([O-])c1cc2n(c1C(=O)c1ccccc1)CCC2C(=O)OC. The van der Waals surface area contributed by atoms with Crippen molar-refractivity contribution in [3.05, 3.63) is 66.0 Å². The van der Waals surface area contributed by atoms with E-state index in [9.17, 15) is 14.1 Å². The highest BCUT2D eigenvalue weighted by Gasteiger charge is 2.38. The van der Waals surface area contributed by atoms with E-state index in [0.29, 0.717) is 34.8 Å². The molecular formula is C19H19NO4S. The monoisotopic (exact) mass is 357 g/mol. The maximum absolute atomic E-state index is 13.0. The Balaban J connectivity index is 2.11. The zero-order valence-electron chi connectivity index (χ0n) is 13.9. The summed E-state index contributed by atoms with van der Waals surface area (Å²) >= 11 is -1.39. The summed E-state index contributed by atoms with van der Waals surface area (Å²) < 4.78 is 19.3. The van der Waals surface area contributed by atoms with Gasteiger partial charge in [-0.05, 0) is 23.7 Å². The molecule has 1 aliphatic heterocycles. The second kappa shape index (κ2) is 7.29. The number of aromatic nitrogens is 1. The van der Waals surface area contributed by atoms with E-state index in [4.69, 9.17) is 4.74 Å². The normalized spacial score (nSPS) is 17.0. The number of ketones is 1. The van der Waals surface area contributed by atoms with E-state index in [2.05, 4.69) is 6.58 Å². The van der Waals surface area contributed by atoms with Gasteiger partial charge >= 0.3 is 5.97 Å². The van der Waals surface area contributed by atoms with Gasteiger partial charge in [-0.1, -0.05) is 36.9 Å². The van der Waals surface area contributed by atoms with Crippen molar-refractivity contribution in [3.8, 4) is 0 Å². The van der Waals surface area contributed by atoms with Gasteiger partial charge in [0.1, 0.15) is 11.4 Å². The van der Waals surface area contributed by atoms with Crippen LogP contribution in [0, 0.1) is 0 Å². The summed E-state index contributed by atoms with van der Waals surface area (Å²) in [5, 5.41) is 0. The minimum absolute atomic E-state index is 0.190. The molecule has 2 atom stereocenters. The molecule has 5 nitrogen and oxygen atoms in total. The Kier molecular flexibility index (Phi) is 5.11. The van der Waals surface area contributed by atoms with Crippen molar-refractivity contribution >= 4 is 22.9 Å². The first-order chi connectivity index (χ1) is 12.1. The summed E-state index contributed by atoms with van der Waals surface area (Å²) in [6.07, 6.45) is 2.14. The number of methoxy groups -OCH3 is 1. The molecule has 2 heterocycles. The van der Waals surface area contributed by atoms with Crippen LogP contribution >= 0.6 is 0 Å². The predicted molar refractivity (Wildman–Crippen MR) is 95.2 cm³/mol. The predicted octanol–water partition coefficient (Wildman–Crippen LogP) is 2.67. The highest BCUT2D eigenvalue weighted by atomic mass is 32.2. The summed E-state index contributed by atoms with van der Waals surface area (Å²) in [5.41, 5.74) is 1.62. The molecule has 6 heteroatoms. The first-order valence-corrected chi connectivity index (χ1v) is 9.30. The van der Waals surface area contributed by atoms with Crippen molar-refractivity contribution in [2.24, 2.45) is 0 Å². The third-order valence-corrected chi connectivity index (χ3v) is 5.68. The molecule has 2 unspecified atom stereocenters. The molecule has 0 N–H and O–H groups in total. The van der Waals surface area contributed by atoms with Crippen molar-refractivity contribution in [2.45, 2.75) is 23.8 Å². The number of esters is 1. The standard InChI is InChI=1S/C19H19NO4S/c1-3-11-25(23)16-12-15-14(19(22)24-2)9-10-20(15)17(16)18(21)13-7-5-4-6-8-13/h3-8,12,14H,1,9-11H2,2H3. The average Bonchev–Trinajstić information content (AvgIpc) is 3.20. The van der Waals surface area contributed by atoms with Crippen LogP contribution in [0.2, 0.25) is 0 Å². The van der Waals surface area contributed by atoms with Gasteiger partial charge in [0.05, 0.1) is 13.0 Å². The molecule has 0 aliphatic carbocycles. The zero-order chi connectivity index (χ0) is 18.0. The van der Waals surface area contributed by atoms with E-state index < -0.39 is 17.1 Å². The summed E-state index contributed by atoms with van der Waals surface area (Å²) in [6.45, 7) is 4.14. The Morgan fingerprint density at radius 3 is 2.76 bits per heavy atom. The van der Waals surface area contributed by atoms with E-state index in [1.54, 1.807) is 36.4 Å². The Morgan fingerprint density at radius 2 is 2.12 bits per heavy atom. The van der Waals surface area contributed by atoms with Gasteiger partial charge in [-0.25, -0.2) is 0 Å². The molecule has 25 heavy (non-hydrogen) atoms. The molecule has 130 valence electrons. The van der Waals surface area contributed by atoms with E-state index >= 15 is 0 Å². The largest absolute Gasteiger partial charge is 0.611 e. The lowest BCUT2D eigenvalue weighted by atomic mass is 10.1. The molecule has 1 aromatic heterocycles. The maximum atomic E-state index is 13.0.